The SMILES string of the molecule is CCNC(=NCCc1ncc(CC)s1)NCCN1C(=O)C2C3C=CC(C3)C2C1=O. The highest BCUT2D eigenvalue weighted by Gasteiger charge is 2.58. The van der Waals surface area contributed by atoms with E-state index < -0.39 is 0 Å². The number of rotatable bonds is 8. The highest BCUT2D eigenvalue weighted by molar-refractivity contribution is 7.11. The van der Waals surface area contributed by atoms with Gasteiger partial charge >= 0.3 is 0 Å². The number of aryl methyl sites for hydroxylation is 1. The molecule has 1 saturated heterocycles. The van der Waals surface area contributed by atoms with Crippen LogP contribution in [0.5, 0.6) is 0 Å². The van der Waals surface area contributed by atoms with E-state index >= 15 is 0 Å². The number of carbonyl (C=O) groups excluding carboxylic acids is 2. The molecule has 4 atom stereocenters. The number of thiazole rings is 1. The molecule has 0 spiro atoms. The average molecular weight is 416 g/mol. The summed E-state index contributed by atoms with van der Waals surface area (Å²) in [6.45, 7) is 6.44. The third kappa shape index (κ3) is 3.95. The number of aliphatic imine (C=N–C) groups is 1. The van der Waals surface area contributed by atoms with Gasteiger partial charge in [0, 0.05) is 43.7 Å². The number of guanidine groups is 1. The fourth-order valence-corrected chi connectivity index (χ4v) is 5.55. The first kappa shape index (κ1) is 20.1. The molecule has 29 heavy (non-hydrogen) atoms. The number of imide groups is 1. The van der Waals surface area contributed by atoms with Crippen LogP contribution < -0.4 is 10.6 Å². The van der Waals surface area contributed by atoms with Gasteiger partial charge in [0.15, 0.2) is 5.96 Å². The van der Waals surface area contributed by atoms with Gasteiger partial charge in [0.2, 0.25) is 11.8 Å². The summed E-state index contributed by atoms with van der Waals surface area (Å²) >= 11 is 1.74. The van der Waals surface area contributed by atoms with Gasteiger partial charge in [-0.05, 0) is 31.6 Å². The summed E-state index contributed by atoms with van der Waals surface area (Å²) in [6, 6.07) is 0. The van der Waals surface area contributed by atoms with Crippen molar-refractivity contribution in [2.75, 3.05) is 26.2 Å². The summed E-state index contributed by atoms with van der Waals surface area (Å²) in [7, 11) is 0. The Bertz CT molecular complexity index is 803. The van der Waals surface area contributed by atoms with E-state index in [2.05, 4.69) is 39.7 Å². The second-order valence-electron chi connectivity index (χ2n) is 7.84. The van der Waals surface area contributed by atoms with Crippen LogP contribution in [-0.2, 0) is 22.4 Å². The molecule has 1 aromatic heterocycles. The molecule has 2 aliphatic carbocycles. The molecule has 1 aliphatic heterocycles. The van der Waals surface area contributed by atoms with Crippen LogP contribution >= 0.6 is 11.3 Å². The van der Waals surface area contributed by atoms with E-state index in [1.165, 1.54) is 9.78 Å². The first-order chi connectivity index (χ1) is 14.1. The molecular weight excluding hydrogens is 386 g/mol. The molecule has 2 N–H and O–H groups in total. The Kier molecular flexibility index (Phi) is 5.99. The number of carbonyl (C=O) groups is 2. The van der Waals surface area contributed by atoms with E-state index in [0.717, 1.165) is 30.8 Å². The first-order valence-electron chi connectivity index (χ1n) is 10.6. The van der Waals surface area contributed by atoms with Crippen LogP contribution in [0.15, 0.2) is 23.3 Å². The van der Waals surface area contributed by atoms with Gasteiger partial charge in [-0.15, -0.1) is 11.3 Å². The monoisotopic (exact) mass is 415 g/mol. The predicted molar refractivity (Wildman–Crippen MR) is 114 cm³/mol. The molecule has 2 fully saturated rings. The fraction of sp³-hybridized carbons (Fsp3) is 0.619. The highest BCUT2D eigenvalue weighted by atomic mass is 32.1. The summed E-state index contributed by atoms with van der Waals surface area (Å²) in [6.07, 6.45) is 8.98. The molecule has 2 bridgehead atoms. The summed E-state index contributed by atoms with van der Waals surface area (Å²) in [5, 5.41) is 7.58. The number of likely N-dealkylation sites (tertiary alicyclic amines) is 1. The van der Waals surface area contributed by atoms with E-state index in [4.69, 9.17) is 0 Å². The Labute approximate surface area is 175 Å². The van der Waals surface area contributed by atoms with E-state index in [-0.39, 0.29) is 35.5 Å². The molecule has 0 radical (unpaired) electrons. The Morgan fingerprint density at radius 1 is 1.21 bits per heavy atom. The zero-order chi connectivity index (χ0) is 20.4. The molecule has 156 valence electrons. The maximum absolute atomic E-state index is 12.7. The number of hydrogen-bond donors (Lipinski definition) is 2. The van der Waals surface area contributed by atoms with Crippen molar-refractivity contribution in [2.24, 2.45) is 28.7 Å². The quantitative estimate of drug-likeness (QED) is 0.292. The minimum absolute atomic E-state index is 0.0103. The minimum atomic E-state index is -0.120. The van der Waals surface area contributed by atoms with Crippen LogP contribution in [0.2, 0.25) is 0 Å². The molecule has 2 amide bonds. The van der Waals surface area contributed by atoms with Gasteiger partial charge in [-0.3, -0.25) is 19.5 Å². The van der Waals surface area contributed by atoms with Gasteiger partial charge in [-0.2, -0.15) is 0 Å². The lowest BCUT2D eigenvalue weighted by atomic mass is 9.85. The number of fused-ring (bicyclic) bond motifs is 5. The molecule has 4 unspecified atom stereocenters. The van der Waals surface area contributed by atoms with E-state index in [0.29, 0.717) is 25.6 Å². The molecule has 1 aromatic rings. The molecule has 4 rings (SSSR count). The maximum atomic E-state index is 12.7. The standard InChI is InChI=1S/C21H29N5O2S/c1-3-15-12-25-16(29-15)7-8-23-21(22-4-2)24-9-10-26-19(27)17-13-5-6-14(11-13)18(17)20(26)28/h5-6,12-14,17-18H,3-4,7-11H2,1-2H3,(H2,22,23,24). The lowest BCUT2D eigenvalue weighted by molar-refractivity contribution is -0.140. The van der Waals surface area contributed by atoms with Crippen molar-refractivity contribution in [3.05, 3.63) is 28.2 Å². The van der Waals surface area contributed by atoms with Crippen molar-refractivity contribution in [1.82, 2.24) is 20.5 Å². The van der Waals surface area contributed by atoms with Crippen LogP contribution in [0, 0.1) is 23.7 Å². The number of allylic oxidation sites excluding steroid dienone is 2. The Morgan fingerprint density at radius 3 is 2.55 bits per heavy atom. The Balaban J connectivity index is 1.27. The van der Waals surface area contributed by atoms with Crippen molar-refractivity contribution in [3.8, 4) is 0 Å². The van der Waals surface area contributed by atoms with E-state index in [1.807, 2.05) is 13.1 Å². The van der Waals surface area contributed by atoms with Crippen LogP contribution in [0.4, 0.5) is 0 Å². The number of nitrogens with zero attached hydrogens (tertiary/aromatic N) is 3. The van der Waals surface area contributed by atoms with Crippen LogP contribution in [0.25, 0.3) is 0 Å². The van der Waals surface area contributed by atoms with Crippen molar-refractivity contribution >= 4 is 29.1 Å². The van der Waals surface area contributed by atoms with Gasteiger partial charge in [-0.25, -0.2) is 4.98 Å². The first-order valence-corrected chi connectivity index (χ1v) is 11.4. The van der Waals surface area contributed by atoms with Crippen LogP contribution in [0.3, 0.4) is 0 Å². The van der Waals surface area contributed by atoms with Crippen molar-refractivity contribution in [3.63, 3.8) is 0 Å². The second kappa shape index (κ2) is 8.65. The molecule has 0 aromatic carbocycles. The van der Waals surface area contributed by atoms with Gasteiger partial charge in [0.25, 0.3) is 0 Å². The molecule has 2 heterocycles. The number of hydrogen-bond acceptors (Lipinski definition) is 5. The highest BCUT2D eigenvalue weighted by Crippen LogP contribution is 2.52. The Morgan fingerprint density at radius 2 is 1.93 bits per heavy atom. The lowest BCUT2D eigenvalue weighted by Gasteiger charge is -2.18. The number of amides is 2. The smallest absolute Gasteiger partial charge is 0.233 e. The second-order valence-corrected chi connectivity index (χ2v) is 9.04. The van der Waals surface area contributed by atoms with Gasteiger partial charge < -0.3 is 10.6 Å². The third-order valence-electron chi connectivity index (χ3n) is 6.08. The van der Waals surface area contributed by atoms with Gasteiger partial charge in [-0.1, -0.05) is 19.1 Å². The zero-order valence-electron chi connectivity index (χ0n) is 17.1. The summed E-state index contributed by atoms with van der Waals surface area (Å²) in [4.78, 5) is 37.3. The molecule has 1 saturated carbocycles. The largest absolute Gasteiger partial charge is 0.357 e. The van der Waals surface area contributed by atoms with Gasteiger partial charge in [0.1, 0.15) is 0 Å². The van der Waals surface area contributed by atoms with Gasteiger partial charge in [0.05, 0.1) is 16.8 Å². The molecule has 8 heteroatoms. The summed E-state index contributed by atoms with van der Waals surface area (Å²) in [5.41, 5.74) is 0. The van der Waals surface area contributed by atoms with Crippen LogP contribution in [0.1, 0.15) is 30.2 Å². The average Bonchev–Trinajstić information content (AvgIpc) is 3.48. The third-order valence-corrected chi connectivity index (χ3v) is 7.28. The lowest BCUT2D eigenvalue weighted by Crippen LogP contribution is -2.43. The molecule has 7 nitrogen and oxygen atoms in total. The van der Waals surface area contributed by atoms with E-state index in [9.17, 15) is 9.59 Å². The zero-order valence-corrected chi connectivity index (χ0v) is 17.9. The minimum Gasteiger partial charge on any atom is -0.357 e. The maximum Gasteiger partial charge on any atom is 0.233 e. The summed E-state index contributed by atoms with van der Waals surface area (Å²) < 4.78 is 0. The molecular formula is C21H29N5O2S. The topological polar surface area (TPSA) is 86.7 Å². The Hall–Kier alpha value is -2.22. The number of nitrogens with one attached hydrogen (secondary N) is 2. The van der Waals surface area contributed by atoms with Crippen molar-refractivity contribution < 1.29 is 9.59 Å². The summed E-state index contributed by atoms with van der Waals surface area (Å²) in [5.74, 6) is 1.01. The molecule has 3 aliphatic rings. The van der Waals surface area contributed by atoms with E-state index in [1.54, 1.807) is 11.3 Å². The predicted octanol–water partition coefficient (Wildman–Crippen LogP) is 1.61. The normalized spacial score (nSPS) is 27.8. The van der Waals surface area contributed by atoms with Crippen LogP contribution in [-0.4, -0.2) is 53.8 Å². The number of aromatic nitrogens is 1. The van der Waals surface area contributed by atoms with Crippen molar-refractivity contribution in [2.45, 2.75) is 33.1 Å². The van der Waals surface area contributed by atoms with Crippen molar-refractivity contribution in [1.29, 1.82) is 0 Å². The fourth-order valence-electron chi connectivity index (χ4n) is 4.70.